The predicted molar refractivity (Wildman–Crippen MR) is 17.9 cm³/mol. The van der Waals surface area contributed by atoms with Crippen molar-refractivity contribution in [2.75, 3.05) is 0 Å². The highest BCUT2D eigenvalue weighted by Crippen LogP contribution is 1.93. The fourth-order valence-electron chi connectivity index (χ4n) is 0.0467. The first kappa shape index (κ1) is 6.07. The highest BCUT2D eigenvalue weighted by molar-refractivity contribution is 5.83. The minimum atomic E-state index is -1.89. The third kappa shape index (κ3) is 1.86. The SMILES string of the molecule is O=C(O)C(F)=CF. The lowest BCUT2D eigenvalue weighted by atomic mass is 10.6. The van der Waals surface area contributed by atoms with Gasteiger partial charge in [0.15, 0.2) is 0 Å². The topological polar surface area (TPSA) is 37.3 Å². The smallest absolute Gasteiger partial charge is 0.367 e. The standard InChI is InChI=1S/C3H2F2O2/c4-1-2(5)3(6)7/h1H,(H,6,7). The lowest BCUT2D eigenvalue weighted by Crippen LogP contribution is -1.92. The molecule has 0 radical (unpaired) electrons. The molecule has 0 rings (SSSR count). The number of hydrogen-bond donors (Lipinski definition) is 1. The largest absolute Gasteiger partial charge is 0.476 e. The molecule has 0 aromatic heterocycles. The first-order chi connectivity index (χ1) is 3.18. The summed E-state index contributed by atoms with van der Waals surface area (Å²) in [5.41, 5.74) is 0. The molecule has 4 heteroatoms. The van der Waals surface area contributed by atoms with Crippen molar-refractivity contribution in [1.82, 2.24) is 0 Å². The second kappa shape index (κ2) is 2.28. The molecule has 1 N–H and O–H groups in total. The van der Waals surface area contributed by atoms with Crippen LogP contribution in [0.3, 0.4) is 0 Å². The van der Waals surface area contributed by atoms with Gasteiger partial charge >= 0.3 is 5.97 Å². The molecule has 0 amide bonds. The Balaban J connectivity index is 3.82. The Labute approximate surface area is 38.1 Å². The van der Waals surface area contributed by atoms with Crippen LogP contribution in [0, 0.1) is 0 Å². The van der Waals surface area contributed by atoms with Gasteiger partial charge in [0, 0.05) is 0 Å². The van der Waals surface area contributed by atoms with Crippen LogP contribution in [0.15, 0.2) is 12.2 Å². The van der Waals surface area contributed by atoms with Crippen molar-refractivity contribution in [3.63, 3.8) is 0 Å². The van der Waals surface area contributed by atoms with E-state index >= 15 is 0 Å². The fraction of sp³-hybridized carbons (Fsp3) is 0. The number of hydrogen-bond acceptors (Lipinski definition) is 1. The molecule has 2 nitrogen and oxygen atoms in total. The Bertz CT molecular complexity index is 108. The molecule has 0 aliphatic rings. The summed E-state index contributed by atoms with van der Waals surface area (Å²) in [5, 5.41) is 7.50. The van der Waals surface area contributed by atoms with E-state index in [1.54, 1.807) is 0 Å². The van der Waals surface area contributed by atoms with Crippen LogP contribution in [-0.2, 0) is 4.79 Å². The Morgan fingerprint density at radius 1 is 1.71 bits per heavy atom. The number of carboxylic acids is 1. The Morgan fingerprint density at radius 3 is 2.14 bits per heavy atom. The van der Waals surface area contributed by atoms with Crippen molar-refractivity contribution in [3.05, 3.63) is 12.2 Å². The zero-order valence-electron chi connectivity index (χ0n) is 3.19. The zero-order valence-corrected chi connectivity index (χ0v) is 3.19. The average Bonchev–Trinajstić information content (AvgIpc) is 1.65. The summed E-state index contributed by atoms with van der Waals surface area (Å²) in [6.45, 7) is 0. The maximum absolute atomic E-state index is 11.1. The molecule has 0 saturated carbocycles. The lowest BCUT2D eigenvalue weighted by Gasteiger charge is -1.77. The predicted octanol–water partition coefficient (Wildman–Crippen LogP) is 0.851. The van der Waals surface area contributed by atoms with Crippen LogP contribution in [0.5, 0.6) is 0 Å². The van der Waals surface area contributed by atoms with Gasteiger partial charge in [0.25, 0.3) is 0 Å². The zero-order chi connectivity index (χ0) is 5.86. The molecule has 0 spiro atoms. The summed E-state index contributed by atoms with van der Waals surface area (Å²) in [5.74, 6) is -3.66. The second-order valence-corrected chi connectivity index (χ2v) is 0.762. The van der Waals surface area contributed by atoms with Crippen molar-refractivity contribution >= 4 is 5.97 Å². The molecule has 40 valence electrons. The van der Waals surface area contributed by atoms with Crippen molar-refractivity contribution in [1.29, 1.82) is 0 Å². The first-order valence-corrected chi connectivity index (χ1v) is 1.37. The van der Waals surface area contributed by atoms with E-state index in [-0.39, 0.29) is 0 Å². The third-order valence-corrected chi connectivity index (χ3v) is 0.300. The van der Waals surface area contributed by atoms with Crippen molar-refractivity contribution in [2.24, 2.45) is 0 Å². The van der Waals surface area contributed by atoms with E-state index in [2.05, 4.69) is 0 Å². The van der Waals surface area contributed by atoms with Gasteiger partial charge in [-0.15, -0.1) is 0 Å². The van der Waals surface area contributed by atoms with Gasteiger partial charge in [0.05, 0.1) is 0 Å². The molecule has 0 unspecified atom stereocenters. The van der Waals surface area contributed by atoms with Crippen LogP contribution in [-0.4, -0.2) is 11.1 Å². The molecular weight excluding hydrogens is 106 g/mol. The van der Waals surface area contributed by atoms with Crippen molar-refractivity contribution < 1.29 is 18.7 Å². The maximum atomic E-state index is 11.1. The Morgan fingerprint density at radius 2 is 2.14 bits per heavy atom. The lowest BCUT2D eigenvalue weighted by molar-refractivity contribution is -0.134. The van der Waals surface area contributed by atoms with Crippen LogP contribution < -0.4 is 0 Å². The van der Waals surface area contributed by atoms with E-state index in [4.69, 9.17) is 5.11 Å². The van der Waals surface area contributed by atoms with E-state index in [0.717, 1.165) is 0 Å². The average molecular weight is 108 g/mol. The Hall–Kier alpha value is -0.930. The van der Waals surface area contributed by atoms with Gasteiger partial charge in [0.1, 0.15) is 6.33 Å². The fourth-order valence-corrected chi connectivity index (χ4v) is 0.0467. The molecule has 0 fully saturated rings. The summed E-state index contributed by atoms with van der Waals surface area (Å²) >= 11 is 0. The summed E-state index contributed by atoms with van der Waals surface area (Å²) in [6, 6.07) is 0. The monoisotopic (exact) mass is 108 g/mol. The molecule has 0 aliphatic heterocycles. The minimum Gasteiger partial charge on any atom is -0.476 e. The van der Waals surface area contributed by atoms with E-state index in [9.17, 15) is 13.6 Å². The van der Waals surface area contributed by atoms with E-state index < -0.39 is 18.1 Å². The summed E-state index contributed by atoms with van der Waals surface area (Å²) < 4.78 is 21.9. The third-order valence-electron chi connectivity index (χ3n) is 0.300. The second-order valence-electron chi connectivity index (χ2n) is 0.762. The highest BCUT2D eigenvalue weighted by Gasteiger charge is 2.02. The molecule has 0 bridgehead atoms. The molecule has 0 aliphatic carbocycles. The van der Waals surface area contributed by atoms with E-state index in [1.807, 2.05) is 0 Å². The molecule has 7 heavy (non-hydrogen) atoms. The van der Waals surface area contributed by atoms with Crippen LogP contribution in [0.2, 0.25) is 0 Å². The normalized spacial score (nSPS) is 11.4. The van der Waals surface area contributed by atoms with Crippen LogP contribution in [0.1, 0.15) is 0 Å². The Kier molecular flexibility index (Phi) is 1.98. The van der Waals surface area contributed by atoms with E-state index in [0.29, 0.717) is 0 Å². The number of aliphatic carboxylic acids is 1. The molecule has 0 aromatic rings. The highest BCUT2D eigenvalue weighted by atomic mass is 19.2. The quantitative estimate of drug-likeness (QED) is 0.505. The van der Waals surface area contributed by atoms with Crippen LogP contribution >= 0.6 is 0 Å². The summed E-state index contributed by atoms with van der Waals surface area (Å²) in [4.78, 5) is 9.25. The molecule has 0 heterocycles. The molecule has 0 saturated heterocycles. The van der Waals surface area contributed by atoms with Crippen LogP contribution in [0.4, 0.5) is 8.78 Å². The van der Waals surface area contributed by atoms with Gasteiger partial charge in [-0.05, 0) is 0 Å². The maximum Gasteiger partial charge on any atom is 0.367 e. The molecular formula is C3H2F2O2. The molecule has 0 aromatic carbocycles. The van der Waals surface area contributed by atoms with E-state index in [1.165, 1.54) is 0 Å². The molecule has 0 atom stereocenters. The number of rotatable bonds is 1. The van der Waals surface area contributed by atoms with Crippen molar-refractivity contribution in [3.8, 4) is 0 Å². The van der Waals surface area contributed by atoms with Crippen LogP contribution in [0.25, 0.3) is 0 Å². The first-order valence-electron chi connectivity index (χ1n) is 1.37. The summed E-state index contributed by atoms with van der Waals surface area (Å²) in [7, 11) is 0. The van der Waals surface area contributed by atoms with Crippen molar-refractivity contribution in [2.45, 2.75) is 0 Å². The van der Waals surface area contributed by atoms with Gasteiger partial charge in [0.2, 0.25) is 5.83 Å². The number of carboxylic acid groups (broad SMARTS) is 1. The number of carbonyl (C=O) groups is 1. The minimum absolute atomic E-state index is 0.609. The summed E-state index contributed by atoms with van der Waals surface area (Å²) in [6.07, 6.45) is -0.609. The van der Waals surface area contributed by atoms with Gasteiger partial charge in [-0.3, -0.25) is 0 Å². The number of halogens is 2. The van der Waals surface area contributed by atoms with Gasteiger partial charge in [-0.2, -0.15) is 4.39 Å². The van der Waals surface area contributed by atoms with Gasteiger partial charge in [-0.1, -0.05) is 0 Å². The van der Waals surface area contributed by atoms with Gasteiger partial charge in [-0.25, -0.2) is 9.18 Å². The van der Waals surface area contributed by atoms with Gasteiger partial charge < -0.3 is 5.11 Å².